The Balaban J connectivity index is 1.72. The fraction of sp³-hybridized carbons (Fsp3) is 0.294. The Morgan fingerprint density at radius 3 is 2.57 bits per heavy atom. The maximum Gasteiger partial charge on any atom is 0.162 e. The lowest BCUT2D eigenvalue weighted by Crippen LogP contribution is -2.24. The molecule has 2 aromatic rings. The Kier molecular flexibility index (Phi) is 3.60. The van der Waals surface area contributed by atoms with E-state index in [2.05, 4.69) is 29.6 Å². The van der Waals surface area contributed by atoms with Crippen LogP contribution >= 0.6 is 0 Å². The van der Waals surface area contributed by atoms with Gasteiger partial charge in [0.25, 0.3) is 0 Å². The van der Waals surface area contributed by atoms with Crippen molar-refractivity contribution in [1.29, 1.82) is 0 Å². The Hall–Kier alpha value is -2.36. The van der Waals surface area contributed by atoms with Gasteiger partial charge >= 0.3 is 0 Å². The monoisotopic (exact) mass is 284 g/mol. The van der Waals surface area contributed by atoms with Crippen molar-refractivity contribution in [3.8, 4) is 11.5 Å². The highest BCUT2D eigenvalue weighted by Crippen LogP contribution is 2.37. The molecule has 3 rings (SSSR count). The molecule has 0 aromatic heterocycles. The van der Waals surface area contributed by atoms with Gasteiger partial charge in [-0.05, 0) is 17.5 Å². The van der Waals surface area contributed by atoms with E-state index in [4.69, 9.17) is 15.2 Å². The van der Waals surface area contributed by atoms with Crippen molar-refractivity contribution >= 4 is 11.4 Å². The van der Waals surface area contributed by atoms with E-state index >= 15 is 0 Å². The van der Waals surface area contributed by atoms with Crippen LogP contribution in [0.3, 0.4) is 0 Å². The largest absolute Gasteiger partial charge is 0.493 e. The van der Waals surface area contributed by atoms with Crippen molar-refractivity contribution in [3.05, 3.63) is 47.5 Å². The lowest BCUT2D eigenvalue weighted by Gasteiger charge is -2.30. The van der Waals surface area contributed by atoms with Crippen molar-refractivity contribution in [2.75, 3.05) is 31.8 Å². The van der Waals surface area contributed by atoms with Gasteiger partial charge in [0.05, 0.1) is 25.6 Å². The highest BCUT2D eigenvalue weighted by molar-refractivity contribution is 5.72. The lowest BCUT2D eigenvalue weighted by molar-refractivity contribution is 0.355. The van der Waals surface area contributed by atoms with Crippen molar-refractivity contribution in [3.63, 3.8) is 0 Å². The number of benzene rings is 2. The molecule has 21 heavy (non-hydrogen) atoms. The van der Waals surface area contributed by atoms with Crippen LogP contribution in [0.2, 0.25) is 0 Å². The molecule has 0 bridgehead atoms. The predicted octanol–water partition coefficient (Wildman–Crippen LogP) is 3.04. The van der Waals surface area contributed by atoms with Gasteiger partial charge in [-0.1, -0.05) is 24.3 Å². The summed E-state index contributed by atoms with van der Waals surface area (Å²) in [5.74, 6) is 1.88. The number of rotatable bonds is 5. The average molecular weight is 284 g/mol. The first-order valence-corrected chi connectivity index (χ1v) is 7.06. The topological polar surface area (TPSA) is 56.5 Å². The molecule has 0 heterocycles. The summed E-state index contributed by atoms with van der Waals surface area (Å²) in [6.45, 7) is 0.872. The molecule has 1 aliphatic rings. The Labute approximate surface area is 124 Å². The van der Waals surface area contributed by atoms with E-state index in [0.29, 0.717) is 23.1 Å². The molecule has 110 valence electrons. The number of methoxy groups -OCH3 is 2. The van der Waals surface area contributed by atoms with E-state index in [-0.39, 0.29) is 0 Å². The standard InChI is InChI=1S/C17H20N2O2/c1-20-16-8-14(18)15(9-17(16)21-2)19-10-12-7-11-5-3-4-6-13(11)12/h3-6,8-9,12,19H,7,10,18H2,1-2H3. The van der Waals surface area contributed by atoms with Crippen molar-refractivity contribution in [2.45, 2.75) is 12.3 Å². The number of nitrogens with two attached hydrogens (primary N) is 1. The number of nitrogens with one attached hydrogen (secondary N) is 1. The second-order valence-corrected chi connectivity index (χ2v) is 5.28. The molecule has 0 fully saturated rings. The summed E-state index contributed by atoms with van der Waals surface area (Å²) in [7, 11) is 3.23. The van der Waals surface area contributed by atoms with Crippen LogP contribution in [0.1, 0.15) is 17.0 Å². The molecule has 0 saturated carbocycles. The van der Waals surface area contributed by atoms with Gasteiger partial charge in [-0.2, -0.15) is 0 Å². The van der Waals surface area contributed by atoms with Crippen molar-refractivity contribution < 1.29 is 9.47 Å². The van der Waals surface area contributed by atoms with Crippen LogP contribution in [-0.4, -0.2) is 20.8 Å². The fourth-order valence-corrected chi connectivity index (χ4v) is 2.83. The SMILES string of the molecule is COc1cc(N)c(NCC2Cc3ccccc32)cc1OC. The highest BCUT2D eigenvalue weighted by Gasteiger charge is 2.25. The molecule has 2 aromatic carbocycles. The number of ether oxygens (including phenoxy) is 2. The summed E-state index contributed by atoms with van der Waals surface area (Å²) in [5.41, 5.74) is 10.5. The summed E-state index contributed by atoms with van der Waals surface area (Å²) in [4.78, 5) is 0. The number of anilines is 2. The van der Waals surface area contributed by atoms with Crippen LogP contribution < -0.4 is 20.5 Å². The van der Waals surface area contributed by atoms with Gasteiger partial charge in [0.1, 0.15) is 0 Å². The van der Waals surface area contributed by atoms with Gasteiger partial charge in [-0.3, -0.25) is 0 Å². The second-order valence-electron chi connectivity index (χ2n) is 5.28. The maximum absolute atomic E-state index is 6.06. The summed E-state index contributed by atoms with van der Waals surface area (Å²) < 4.78 is 10.6. The first kappa shape index (κ1) is 13.6. The normalized spacial score (nSPS) is 15.8. The third-order valence-corrected chi connectivity index (χ3v) is 4.06. The highest BCUT2D eigenvalue weighted by atomic mass is 16.5. The zero-order valence-corrected chi connectivity index (χ0v) is 12.3. The molecule has 0 saturated heterocycles. The van der Waals surface area contributed by atoms with Gasteiger partial charge in [-0.25, -0.2) is 0 Å². The summed E-state index contributed by atoms with van der Waals surface area (Å²) in [6.07, 6.45) is 1.12. The van der Waals surface area contributed by atoms with E-state index in [1.807, 2.05) is 6.07 Å². The number of hydrogen-bond acceptors (Lipinski definition) is 4. The average Bonchev–Trinajstić information content (AvgIpc) is 2.49. The molecule has 3 N–H and O–H groups in total. The van der Waals surface area contributed by atoms with Crippen LogP contribution in [0.25, 0.3) is 0 Å². The van der Waals surface area contributed by atoms with E-state index in [1.54, 1.807) is 20.3 Å². The third-order valence-electron chi connectivity index (χ3n) is 4.06. The molecule has 4 heteroatoms. The van der Waals surface area contributed by atoms with E-state index in [0.717, 1.165) is 18.7 Å². The summed E-state index contributed by atoms with van der Waals surface area (Å²) in [5, 5.41) is 3.42. The number of hydrogen-bond donors (Lipinski definition) is 2. The molecule has 4 nitrogen and oxygen atoms in total. The van der Waals surface area contributed by atoms with Crippen LogP contribution in [0.4, 0.5) is 11.4 Å². The second kappa shape index (κ2) is 5.56. The smallest absolute Gasteiger partial charge is 0.162 e. The summed E-state index contributed by atoms with van der Waals surface area (Å²) in [6, 6.07) is 12.2. The van der Waals surface area contributed by atoms with E-state index < -0.39 is 0 Å². The van der Waals surface area contributed by atoms with Crippen molar-refractivity contribution in [1.82, 2.24) is 0 Å². The van der Waals surface area contributed by atoms with Gasteiger partial charge in [-0.15, -0.1) is 0 Å². The molecular weight excluding hydrogens is 264 g/mol. The first-order chi connectivity index (χ1) is 10.2. The Morgan fingerprint density at radius 1 is 1.14 bits per heavy atom. The summed E-state index contributed by atoms with van der Waals surface area (Å²) >= 11 is 0. The molecule has 0 amide bonds. The Bertz CT molecular complexity index is 655. The van der Waals surface area contributed by atoms with Crippen molar-refractivity contribution in [2.24, 2.45) is 0 Å². The van der Waals surface area contributed by atoms with Crippen LogP contribution in [0, 0.1) is 0 Å². The van der Waals surface area contributed by atoms with E-state index in [1.165, 1.54) is 11.1 Å². The zero-order chi connectivity index (χ0) is 14.8. The van der Waals surface area contributed by atoms with Gasteiger partial charge in [0, 0.05) is 24.6 Å². The third kappa shape index (κ3) is 2.49. The van der Waals surface area contributed by atoms with Gasteiger partial charge in [0.15, 0.2) is 11.5 Å². The molecule has 1 unspecified atom stereocenters. The molecule has 0 aliphatic heterocycles. The minimum Gasteiger partial charge on any atom is -0.493 e. The fourth-order valence-electron chi connectivity index (χ4n) is 2.83. The molecule has 1 atom stereocenters. The zero-order valence-electron chi connectivity index (χ0n) is 12.3. The number of nitrogen functional groups attached to an aromatic ring is 1. The van der Waals surface area contributed by atoms with Gasteiger partial charge in [0.2, 0.25) is 0 Å². The quantitative estimate of drug-likeness (QED) is 0.829. The molecular formula is C17H20N2O2. The lowest BCUT2D eigenvalue weighted by atomic mass is 9.77. The van der Waals surface area contributed by atoms with Gasteiger partial charge < -0.3 is 20.5 Å². The predicted molar refractivity (Wildman–Crippen MR) is 85.3 cm³/mol. The minimum atomic E-state index is 0.550. The Morgan fingerprint density at radius 2 is 1.86 bits per heavy atom. The first-order valence-electron chi connectivity index (χ1n) is 7.06. The molecule has 1 aliphatic carbocycles. The molecule has 0 spiro atoms. The minimum absolute atomic E-state index is 0.550. The van der Waals surface area contributed by atoms with Crippen LogP contribution in [0.5, 0.6) is 11.5 Å². The van der Waals surface area contributed by atoms with E-state index in [9.17, 15) is 0 Å². The number of fused-ring (bicyclic) bond motifs is 1. The maximum atomic E-state index is 6.06. The van der Waals surface area contributed by atoms with Crippen LogP contribution in [0.15, 0.2) is 36.4 Å². The molecule has 0 radical (unpaired) electrons. The van der Waals surface area contributed by atoms with Crippen LogP contribution in [-0.2, 0) is 6.42 Å².